The molecule has 0 amide bonds. The Morgan fingerprint density at radius 2 is 1.73 bits per heavy atom. The lowest BCUT2D eigenvalue weighted by atomic mass is 9.97. The number of benzene rings is 1. The van der Waals surface area contributed by atoms with Crippen molar-refractivity contribution in [2.24, 2.45) is 0 Å². The molecular formula is C12H17ClO2. The van der Waals surface area contributed by atoms with E-state index >= 15 is 0 Å². The van der Waals surface area contributed by atoms with E-state index in [1.807, 2.05) is 20.8 Å². The van der Waals surface area contributed by atoms with Crippen LogP contribution in [0.3, 0.4) is 0 Å². The minimum Gasteiger partial charge on any atom is -0.496 e. The standard InChI is InChI=1S/C12H17ClO2/c1-7-8(2)12(15-4)10(5-6-14)9(3)11(7)13/h14H,5-6H2,1-4H3. The van der Waals surface area contributed by atoms with Gasteiger partial charge in [-0.15, -0.1) is 0 Å². The van der Waals surface area contributed by atoms with Crippen LogP contribution in [-0.2, 0) is 6.42 Å². The Kier molecular flexibility index (Phi) is 4.00. The van der Waals surface area contributed by atoms with Crippen LogP contribution in [0, 0.1) is 20.8 Å². The molecule has 0 bridgehead atoms. The van der Waals surface area contributed by atoms with E-state index in [1.165, 1.54) is 0 Å². The minimum absolute atomic E-state index is 0.107. The third-order valence-electron chi connectivity index (χ3n) is 2.85. The van der Waals surface area contributed by atoms with E-state index in [4.69, 9.17) is 21.4 Å². The van der Waals surface area contributed by atoms with E-state index in [0.29, 0.717) is 6.42 Å². The van der Waals surface area contributed by atoms with Gasteiger partial charge in [-0.25, -0.2) is 0 Å². The van der Waals surface area contributed by atoms with Crippen LogP contribution in [0.2, 0.25) is 5.02 Å². The zero-order valence-electron chi connectivity index (χ0n) is 9.65. The topological polar surface area (TPSA) is 29.5 Å². The summed E-state index contributed by atoms with van der Waals surface area (Å²) in [5.41, 5.74) is 4.11. The van der Waals surface area contributed by atoms with Crippen molar-refractivity contribution in [2.45, 2.75) is 27.2 Å². The normalized spacial score (nSPS) is 10.5. The van der Waals surface area contributed by atoms with E-state index in [-0.39, 0.29) is 6.61 Å². The number of ether oxygens (including phenoxy) is 1. The van der Waals surface area contributed by atoms with E-state index in [9.17, 15) is 0 Å². The molecule has 0 saturated heterocycles. The van der Waals surface area contributed by atoms with Gasteiger partial charge in [-0.2, -0.15) is 0 Å². The monoisotopic (exact) mass is 228 g/mol. The molecule has 0 spiro atoms. The zero-order valence-corrected chi connectivity index (χ0v) is 10.4. The van der Waals surface area contributed by atoms with Crippen LogP contribution in [0.1, 0.15) is 22.3 Å². The SMILES string of the molecule is COc1c(C)c(C)c(Cl)c(C)c1CCO. The maximum absolute atomic E-state index is 9.02. The Labute approximate surface area is 95.8 Å². The van der Waals surface area contributed by atoms with Crippen molar-refractivity contribution < 1.29 is 9.84 Å². The number of rotatable bonds is 3. The minimum atomic E-state index is 0.107. The molecule has 0 atom stereocenters. The summed E-state index contributed by atoms with van der Waals surface area (Å²) in [6.45, 7) is 6.04. The maximum Gasteiger partial charge on any atom is 0.125 e. The summed E-state index contributed by atoms with van der Waals surface area (Å²) in [7, 11) is 1.65. The fraction of sp³-hybridized carbons (Fsp3) is 0.500. The lowest BCUT2D eigenvalue weighted by Crippen LogP contribution is -2.03. The molecule has 1 aromatic carbocycles. The largest absolute Gasteiger partial charge is 0.496 e. The molecule has 0 aliphatic carbocycles. The molecule has 84 valence electrons. The van der Waals surface area contributed by atoms with Crippen LogP contribution < -0.4 is 4.74 Å². The average molecular weight is 229 g/mol. The summed E-state index contributed by atoms with van der Waals surface area (Å²) in [4.78, 5) is 0. The summed E-state index contributed by atoms with van der Waals surface area (Å²) in [5, 5.41) is 9.79. The van der Waals surface area contributed by atoms with Crippen LogP contribution in [0.25, 0.3) is 0 Å². The van der Waals surface area contributed by atoms with Crippen LogP contribution in [0.15, 0.2) is 0 Å². The second kappa shape index (κ2) is 4.86. The fourth-order valence-corrected chi connectivity index (χ4v) is 2.09. The van der Waals surface area contributed by atoms with Gasteiger partial charge in [0.2, 0.25) is 0 Å². The molecule has 0 aromatic heterocycles. The van der Waals surface area contributed by atoms with E-state index in [0.717, 1.165) is 33.0 Å². The van der Waals surface area contributed by atoms with Gasteiger partial charge < -0.3 is 9.84 Å². The molecule has 1 rings (SSSR count). The molecule has 3 heteroatoms. The van der Waals surface area contributed by atoms with Crippen molar-refractivity contribution in [1.29, 1.82) is 0 Å². The summed E-state index contributed by atoms with van der Waals surface area (Å²) < 4.78 is 5.38. The molecule has 0 heterocycles. The van der Waals surface area contributed by atoms with Crippen LogP contribution >= 0.6 is 11.6 Å². The van der Waals surface area contributed by atoms with E-state index < -0.39 is 0 Å². The smallest absolute Gasteiger partial charge is 0.125 e. The third-order valence-corrected chi connectivity index (χ3v) is 3.42. The summed E-state index contributed by atoms with van der Waals surface area (Å²) in [6.07, 6.45) is 0.579. The molecule has 0 aliphatic rings. The highest BCUT2D eigenvalue weighted by Gasteiger charge is 2.16. The third kappa shape index (κ3) is 2.11. The average Bonchev–Trinajstić information content (AvgIpc) is 2.24. The quantitative estimate of drug-likeness (QED) is 0.862. The first-order chi connectivity index (χ1) is 7.04. The van der Waals surface area contributed by atoms with Gasteiger partial charge in [-0.1, -0.05) is 11.6 Å². The molecule has 1 aromatic rings. The molecule has 0 radical (unpaired) electrons. The predicted octanol–water partition coefficient (Wildman–Crippen LogP) is 2.81. The first-order valence-electron chi connectivity index (χ1n) is 4.97. The number of halogens is 1. The van der Waals surface area contributed by atoms with Crippen molar-refractivity contribution in [3.05, 3.63) is 27.3 Å². The summed E-state index contributed by atoms with van der Waals surface area (Å²) in [5.74, 6) is 0.850. The van der Waals surface area contributed by atoms with E-state index in [1.54, 1.807) is 7.11 Å². The highest BCUT2D eigenvalue weighted by Crippen LogP contribution is 2.35. The molecular weight excluding hydrogens is 212 g/mol. The summed E-state index contributed by atoms with van der Waals surface area (Å²) in [6, 6.07) is 0. The van der Waals surface area contributed by atoms with Crippen molar-refractivity contribution in [2.75, 3.05) is 13.7 Å². The molecule has 2 nitrogen and oxygen atoms in total. The van der Waals surface area contributed by atoms with Crippen LogP contribution in [0.5, 0.6) is 5.75 Å². The van der Waals surface area contributed by atoms with Gasteiger partial charge in [-0.05, 0) is 43.9 Å². The highest BCUT2D eigenvalue weighted by molar-refractivity contribution is 6.32. The Morgan fingerprint density at radius 3 is 2.20 bits per heavy atom. The molecule has 0 unspecified atom stereocenters. The van der Waals surface area contributed by atoms with Gasteiger partial charge >= 0.3 is 0 Å². The maximum atomic E-state index is 9.02. The highest BCUT2D eigenvalue weighted by atomic mass is 35.5. The van der Waals surface area contributed by atoms with Crippen molar-refractivity contribution >= 4 is 11.6 Å². The molecule has 15 heavy (non-hydrogen) atoms. The van der Waals surface area contributed by atoms with Gasteiger partial charge in [0.25, 0.3) is 0 Å². The molecule has 0 fully saturated rings. The van der Waals surface area contributed by atoms with E-state index in [2.05, 4.69) is 0 Å². The Morgan fingerprint density at radius 1 is 1.13 bits per heavy atom. The first kappa shape index (κ1) is 12.3. The Bertz CT molecular complexity index is 373. The Hall–Kier alpha value is -0.730. The van der Waals surface area contributed by atoms with Crippen molar-refractivity contribution in [3.8, 4) is 5.75 Å². The second-order valence-electron chi connectivity index (χ2n) is 3.67. The van der Waals surface area contributed by atoms with Crippen molar-refractivity contribution in [1.82, 2.24) is 0 Å². The molecule has 0 saturated carbocycles. The summed E-state index contributed by atoms with van der Waals surface area (Å²) >= 11 is 6.22. The number of hydrogen-bond acceptors (Lipinski definition) is 2. The van der Waals surface area contributed by atoms with Gasteiger partial charge in [0.15, 0.2) is 0 Å². The predicted molar refractivity (Wildman–Crippen MR) is 63.0 cm³/mol. The first-order valence-corrected chi connectivity index (χ1v) is 5.35. The van der Waals surface area contributed by atoms with Gasteiger partial charge in [-0.3, -0.25) is 0 Å². The lowest BCUT2D eigenvalue weighted by molar-refractivity contribution is 0.296. The van der Waals surface area contributed by atoms with Gasteiger partial charge in [0, 0.05) is 17.2 Å². The molecule has 0 aliphatic heterocycles. The number of aliphatic hydroxyl groups is 1. The van der Waals surface area contributed by atoms with Crippen molar-refractivity contribution in [3.63, 3.8) is 0 Å². The second-order valence-corrected chi connectivity index (χ2v) is 4.05. The zero-order chi connectivity index (χ0) is 11.6. The molecule has 1 N–H and O–H groups in total. The number of methoxy groups -OCH3 is 1. The number of aliphatic hydroxyl groups excluding tert-OH is 1. The van der Waals surface area contributed by atoms with Crippen LogP contribution in [0.4, 0.5) is 0 Å². The lowest BCUT2D eigenvalue weighted by Gasteiger charge is -2.17. The van der Waals surface area contributed by atoms with Gasteiger partial charge in [0.1, 0.15) is 5.75 Å². The van der Waals surface area contributed by atoms with Crippen LogP contribution in [-0.4, -0.2) is 18.8 Å². The Balaban J connectivity index is 3.47. The number of hydrogen-bond donors (Lipinski definition) is 1. The van der Waals surface area contributed by atoms with Gasteiger partial charge in [0.05, 0.1) is 7.11 Å². The fourth-order valence-electron chi connectivity index (χ4n) is 1.83.